The number of rotatable bonds is 3. The third-order valence-corrected chi connectivity index (χ3v) is 2.70. The van der Waals surface area contributed by atoms with E-state index in [-0.39, 0.29) is 11.8 Å². The van der Waals surface area contributed by atoms with Crippen molar-refractivity contribution in [1.82, 2.24) is 4.90 Å². The summed E-state index contributed by atoms with van der Waals surface area (Å²) >= 11 is 0. The molecule has 0 radical (unpaired) electrons. The molecule has 0 aliphatic carbocycles. The quantitative estimate of drug-likeness (QED) is 0.576. The molecule has 1 aromatic carbocycles. The van der Waals surface area contributed by atoms with Crippen LogP contribution in [0.2, 0.25) is 0 Å². The molecule has 1 atom stereocenters. The van der Waals surface area contributed by atoms with Crippen molar-refractivity contribution in [2.24, 2.45) is 0 Å². The lowest BCUT2D eigenvalue weighted by Gasteiger charge is -2.13. The molecule has 5 heteroatoms. The van der Waals surface area contributed by atoms with E-state index in [0.717, 1.165) is 19.5 Å². The lowest BCUT2D eigenvalue weighted by molar-refractivity contribution is -0.384. The van der Waals surface area contributed by atoms with Crippen molar-refractivity contribution in [2.45, 2.75) is 12.5 Å². The van der Waals surface area contributed by atoms with Gasteiger partial charge in [0.2, 0.25) is 0 Å². The van der Waals surface area contributed by atoms with Gasteiger partial charge in [-0.25, -0.2) is 0 Å². The van der Waals surface area contributed by atoms with Crippen molar-refractivity contribution < 1.29 is 9.66 Å². The van der Waals surface area contributed by atoms with Crippen LogP contribution in [-0.2, 0) is 0 Å². The second-order valence-corrected chi connectivity index (χ2v) is 4.04. The maximum atomic E-state index is 10.5. The number of hydrogen-bond donors (Lipinski definition) is 0. The number of nitrogens with zero attached hydrogens (tertiary/aromatic N) is 2. The molecule has 0 N–H and O–H groups in total. The molecule has 1 aromatic rings. The Bertz CT molecular complexity index is 377. The van der Waals surface area contributed by atoms with E-state index in [4.69, 9.17) is 4.74 Å². The van der Waals surface area contributed by atoms with Crippen molar-refractivity contribution in [3.05, 3.63) is 34.4 Å². The zero-order chi connectivity index (χ0) is 11.5. The van der Waals surface area contributed by atoms with Gasteiger partial charge in [0.15, 0.2) is 0 Å². The zero-order valence-electron chi connectivity index (χ0n) is 9.13. The highest BCUT2D eigenvalue weighted by Gasteiger charge is 2.20. The van der Waals surface area contributed by atoms with Gasteiger partial charge >= 0.3 is 0 Å². The Morgan fingerprint density at radius 3 is 2.62 bits per heavy atom. The summed E-state index contributed by atoms with van der Waals surface area (Å²) in [5.74, 6) is 0.700. The highest BCUT2D eigenvalue weighted by molar-refractivity contribution is 5.36. The molecule has 0 bridgehead atoms. The zero-order valence-corrected chi connectivity index (χ0v) is 9.13. The monoisotopic (exact) mass is 222 g/mol. The molecule has 0 unspecified atom stereocenters. The van der Waals surface area contributed by atoms with E-state index in [1.165, 1.54) is 12.1 Å². The minimum atomic E-state index is -0.410. The smallest absolute Gasteiger partial charge is 0.269 e. The summed E-state index contributed by atoms with van der Waals surface area (Å²) < 4.78 is 5.72. The molecule has 1 aliphatic heterocycles. The molecular weight excluding hydrogens is 208 g/mol. The third-order valence-electron chi connectivity index (χ3n) is 2.70. The summed E-state index contributed by atoms with van der Waals surface area (Å²) in [5, 5.41) is 10.5. The average molecular weight is 222 g/mol. The third kappa shape index (κ3) is 2.49. The van der Waals surface area contributed by atoms with E-state index in [9.17, 15) is 10.1 Å². The molecule has 1 saturated heterocycles. The number of benzene rings is 1. The first-order chi connectivity index (χ1) is 7.65. The van der Waals surface area contributed by atoms with Gasteiger partial charge in [0.05, 0.1) is 4.92 Å². The van der Waals surface area contributed by atoms with E-state index in [0.29, 0.717) is 5.75 Å². The summed E-state index contributed by atoms with van der Waals surface area (Å²) in [6.45, 7) is 1.95. The van der Waals surface area contributed by atoms with Gasteiger partial charge in [-0.05, 0) is 25.6 Å². The Labute approximate surface area is 93.8 Å². The number of likely N-dealkylation sites (tertiary alicyclic amines) is 1. The standard InChI is InChI=1S/C11H14N2O3/c1-12-7-6-11(8-12)16-10-4-2-9(3-5-10)13(14)15/h2-5,11H,6-8H2,1H3/t11-/m1/s1. The number of ether oxygens (including phenoxy) is 1. The van der Waals surface area contributed by atoms with Gasteiger partial charge < -0.3 is 9.64 Å². The molecule has 86 valence electrons. The lowest BCUT2D eigenvalue weighted by Crippen LogP contribution is -2.21. The van der Waals surface area contributed by atoms with Crippen LogP contribution in [0.3, 0.4) is 0 Å². The summed E-state index contributed by atoms with van der Waals surface area (Å²) in [6, 6.07) is 6.23. The summed E-state index contributed by atoms with van der Waals surface area (Å²) in [7, 11) is 2.05. The molecule has 16 heavy (non-hydrogen) atoms. The van der Waals surface area contributed by atoms with Gasteiger partial charge in [-0.3, -0.25) is 10.1 Å². The second-order valence-electron chi connectivity index (χ2n) is 4.04. The van der Waals surface area contributed by atoms with Crippen LogP contribution < -0.4 is 4.74 Å². The van der Waals surface area contributed by atoms with E-state index >= 15 is 0 Å². The van der Waals surface area contributed by atoms with Crippen LogP contribution in [0.25, 0.3) is 0 Å². The Kier molecular flexibility index (Phi) is 3.05. The second kappa shape index (κ2) is 4.49. The van der Waals surface area contributed by atoms with Gasteiger partial charge in [0.1, 0.15) is 11.9 Å². The van der Waals surface area contributed by atoms with Crippen molar-refractivity contribution >= 4 is 5.69 Å². The maximum absolute atomic E-state index is 10.5. The summed E-state index contributed by atoms with van der Waals surface area (Å²) in [6.07, 6.45) is 1.21. The van der Waals surface area contributed by atoms with E-state index < -0.39 is 4.92 Å². The molecule has 0 spiro atoms. The Morgan fingerprint density at radius 2 is 2.12 bits per heavy atom. The topological polar surface area (TPSA) is 55.6 Å². The molecule has 1 heterocycles. The highest BCUT2D eigenvalue weighted by atomic mass is 16.6. The first-order valence-electron chi connectivity index (χ1n) is 5.25. The Balaban J connectivity index is 1.97. The average Bonchev–Trinajstić information content (AvgIpc) is 2.65. The number of likely N-dealkylation sites (N-methyl/N-ethyl adjacent to an activating group) is 1. The number of hydrogen-bond acceptors (Lipinski definition) is 4. The molecular formula is C11H14N2O3. The number of non-ortho nitro benzene ring substituents is 1. The van der Waals surface area contributed by atoms with Crippen molar-refractivity contribution in [1.29, 1.82) is 0 Å². The molecule has 2 rings (SSSR count). The predicted octanol–water partition coefficient (Wildman–Crippen LogP) is 1.68. The summed E-state index contributed by atoms with van der Waals surface area (Å²) in [5.41, 5.74) is 0.0934. The van der Waals surface area contributed by atoms with Crippen LogP contribution in [0.15, 0.2) is 24.3 Å². The van der Waals surface area contributed by atoms with Gasteiger partial charge in [0.25, 0.3) is 5.69 Å². The summed E-state index contributed by atoms with van der Waals surface area (Å²) in [4.78, 5) is 12.3. The number of nitro groups is 1. The van der Waals surface area contributed by atoms with Crippen LogP contribution in [0.5, 0.6) is 5.75 Å². The molecule has 0 amide bonds. The fourth-order valence-electron chi connectivity index (χ4n) is 1.83. The normalized spacial score (nSPS) is 20.9. The van der Waals surface area contributed by atoms with Gasteiger partial charge in [0, 0.05) is 25.2 Å². The largest absolute Gasteiger partial charge is 0.489 e. The molecule has 5 nitrogen and oxygen atoms in total. The first kappa shape index (κ1) is 10.9. The Morgan fingerprint density at radius 1 is 1.44 bits per heavy atom. The van der Waals surface area contributed by atoms with Crippen LogP contribution in [-0.4, -0.2) is 36.1 Å². The predicted molar refractivity (Wildman–Crippen MR) is 59.6 cm³/mol. The van der Waals surface area contributed by atoms with Crippen LogP contribution in [0.4, 0.5) is 5.69 Å². The van der Waals surface area contributed by atoms with E-state index in [1.807, 2.05) is 0 Å². The first-order valence-corrected chi connectivity index (χ1v) is 5.25. The minimum absolute atomic E-state index is 0.0934. The van der Waals surface area contributed by atoms with Crippen LogP contribution in [0, 0.1) is 10.1 Å². The lowest BCUT2D eigenvalue weighted by atomic mass is 10.3. The van der Waals surface area contributed by atoms with Gasteiger partial charge in [-0.2, -0.15) is 0 Å². The molecule has 1 fully saturated rings. The molecule has 0 aromatic heterocycles. The maximum Gasteiger partial charge on any atom is 0.269 e. The molecule has 1 aliphatic rings. The van der Waals surface area contributed by atoms with E-state index in [1.54, 1.807) is 12.1 Å². The van der Waals surface area contributed by atoms with Crippen LogP contribution in [0.1, 0.15) is 6.42 Å². The van der Waals surface area contributed by atoms with Crippen molar-refractivity contribution in [3.63, 3.8) is 0 Å². The highest BCUT2D eigenvalue weighted by Crippen LogP contribution is 2.20. The fourth-order valence-corrected chi connectivity index (χ4v) is 1.83. The Hall–Kier alpha value is -1.62. The number of nitro benzene ring substituents is 1. The van der Waals surface area contributed by atoms with Gasteiger partial charge in [-0.1, -0.05) is 0 Å². The van der Waals surface area contributed by atoms with Gasteiger partial charge in [-0.15, -0.1) is 0 Å². The van der Waals surface area contributed by atoms with Crippen LogP contribution >= 0.6 is 0 Å². The van der Waals surface area contributed by atoms with E-state index in [2.05, 4.69) is 11.9 Å². The minimum Gasteiger partial charge on any atom is -0.489 e. The van der Waals surface area contributed by atoms with Crippen molar-refractivity contribution in [2.75, 3.05) is 20.1 Å². The SMILES string of the molecule is CN1CC[C@@H](Oc2ccc([N+](=O)[O-])cc2)C1. The molecule has 0 saturated carbocycles. The van der Waals surface area contributed by atoms with Crippen molar-refractivity contribution in [3.8, 4) is 5.75 Å². The fraction of sp³-hybridized carbons (Fsp3) is 0.455.